The molecule has 4 aromatic rings. The topological polar surface area (TPSA) is 91.9 Å². The number of rotatable bonds is 11. The summed E-state index contributed by atoms with van der Waals surface area (Å²) in [6.07, 6.45) is 1.42. The summed E-state index contributed by atoms with van der Waals surface area (Å²) in [6, 6.07) is 27.7. The summed E-state index contributed by atoms with van der Waals surface area (Å²) in [4.78, 5) is 15.6. The van der Waals surface area contributed by atoms with Crippen LogP contribution in [0, 0.1) is 18.3 Å². The third kappa shape index (κ3) is 7.23. The number of carboxylic acids is 1. The van der Waals surface area contributed by atoms with Crippen molar-refractivity contribution in [2.45, 2.75) is 26.2 Å². The number of aliphatic carboxylic acids is 1. The quantitative estimate of drug-likeness (QED) is 0.148. The minimum atomic E-state index is -1.08. The fourth-order valence-electron chi connectivity index (χ4n) is 4.06. The highest BCUT2D eigenvalue weighted by Gasteiger charge is 2.16. The number of aliphatic imine (C=N–C) groups is 1. The predicted molar refractivity (Wildman–Crippen MR) is 161 cm³/mol. The number of hydrogen-bond acceptors (Lipinski definition) is 6. The zero-order chi connectivity index (χ0) is 28.5. The molecular weight excluding hydrogens is 544 g/mol. The summed E-state index contributed by atoms with van der Waals surface area (Å²) < 4.78 is 12.2. The maximum absolute atomic E-state index is 11.4. The number of halogens is 1. The summed E-state index contributed by atoms with van der Waals surface area (Å²) in [5, 5.41) is 18.9. The van der Waals surface area contributed by atoms with Crippen LogP contribution in [0.1, 0.15) is 27.8 Å². The lowest BCUT2D eigenvalue weighted by molar-refractivity contribution is -0.137. The van der Waals surface area contributed by atoms with Crippen LogP contribution >= 0.6 is 24.2 Å². The van der Waals surface area contributed by atoms with E-state index in [0.717, 1.165) is 27.8 Å². The molecule has 0 radical (unpaired) electrons. The molecule has 8 heteroatoms. The summed E-state index contributed by atoms with van der Waals surface area (Å²) in [6.45, 7) is 2.51. The van der Waals surface area contributed by atoms with Gasteiger partial charge in [-0.1, -0.05) is 72.3 Å². The first kappa shape index (κ1) is 28.8. The van der Waals surface area contributed by atoms with Crippen molar-refractivity contribution in [1.82, 2.24) is 0 Å². The number of carbonyl (C=O) groups is 1. The fraction of sp³-hybridized carbons (Fsp3) is 0.156. The molecule has 1 N–H and O–H groups in total. The first-order chi connectivity index (χ1) is 19.4. The molecule has 1 atom stereocenters. The van der Waals surface area contributed by atoms with Crippen molar-refractivity contribution < 1.29 is 19.4 Å². The Bertz CT molecular complexity index is 1570. The third-order valence-corrected chi connectivity index (χ3v) is 6.92. The third-order valence-electron chi connectivity index (χ3n) is 6.28. The molecule has 4 aromatic carbocycles. The van der Waals surface area contributed by atoms with Gasteiger partial charge in [-0.3, -0.25) is 4.99 Å². The van der Waals surface area contributed by atoms with Gasteiger partial charge in [0.05, 0.1) is 16.7 Å². The van der Waals surface area contributed by atoms with E-state index in [1.807, 2.05) is 36.4 Å². The van der Waals surface area contributed by atoms with E-state index in [2.05, 4.69) is 48.8 Å². The average Bonchev–Trinajstić information content (AvgIpc) is 2.97. The van der Waals surface area contributed by atoms with Crippen molar-refractivity contribution in [1.29, 1.82) is 5.26 Å². The van der Waals surface area contributed by atoms with Gasteiger partial charge >= 0.3 is 5.97 Å². The van der Waals surface area contributed by atoms with Gasteiger partial charge in [0.15, 0.2) is 6.04 Å². The highest BCUT2D eigenvalue weighted by Crippen LogP contribution is 2.34. The Balaban J connectivity index is 1.61. The van der Waals surface area contributed by atoms with E-state index in [9.17, 15) is 15.2 Å². The highest BCUT2D eigenvalue weighted by atomic mass is 35.5. The van der Waals surface area contributed by atoms with Crippen molar-refractivity contribution >= 4 is 36.4 Å². The molecule has 0 aromatic heterocycles. The van der Waals surface area contributed by atoms with Gasteiger partial charge in [-0.2, -0.15) is 17.9 Å². The molecule has 40 heavy (non-hydrogen) atoms. The summed E-state index contributed by atoms with van der Waals surface area (Å²) >= 11 is 10.7. The van der Waals surface area contributed by atoms with E-state index in [1.165, 1.54) is 6.21 Å². The zero-order valence-electron chi connectivity index (χ0n) is 21.8. The molecule has 0 saturated heterocycles. The molecule has 0 spiro atoms. The molecule has 0 saturated carbocycles. The molecule has 0 amide bonds. The van der Waals surface area contributed by atoms with Gasteiger partial charge in [0.25, 0.3) is 0 Å². The fourth-order valence-corrected chi connectivity index (χ4v) is 4.54. The first-order valence-corrected chi connectivity index (χ1v) is 13.5. The van der Waals surface area contributed by atoms with Gasteiger partial charge in [-0.25, -0.2) is 4.79 Å². The molecule has 0 aliphatic heterocycles. The van der Waals surface area contributed by atoms with Gasteiger partial charge < -0.3 is 14.6 Å². The lowest BCUT2D eigenvalue weighted by atomic mass is 9.97. The Labute approximate surface area is 243 Å². The largest absolute Gasteiger partial charge is 0.488 e. The van der Waals surface area contributed by atoms with Crippen LogP contribution in [0.3, 0.4) is 0 Å². The number of ether oxygens (including phenoxy) is 2. The second kappa shape index (κ2) is 13.7. The number of hydrogen-bond donors (Lipinski definition) is 2. The molecule has 0 aliphatic carbocycles. The minimum absolute atomic E-state index is 0.0410. The van der Waals surface area contributed by atoms with Crippen LogP contribution in [0.5, 0.6) is 11.5 Å². The Hall–Kier alpha value is -4.25. The number of benzene rings is 4. The first-order valence-electron chi connectivity index (χ1n) is 12.5. The highest BCUT2D eigenvalue weighted by molar-refractivity contribution is 7.80. The smallest absolute Gasteiger partial charge is 0.329 e. The molecule has 0 fully saturated rings. The molecular formula is C32H27ClN2O4S. The molecule has 0 aliphatic rings. The Morgan fingerprint density at radius 3 is 2.50 bits per heavy atom. The lowest BCUT2D eigenvalue weighted by Gasteiger charge is -2.16. The van der Waals surface area contributed by atoms with E-state index in [1.54, 1.807) is 30.3 Å². The average molecular weight is 571 g/mol. The maximum Gasteiger partial charge on any atom is 0.329 e. The van der Waals surface area contributed by atoms with Gasteiger partial charge in [-0.05, 0) is 52.9 Å². The summed E-state index contributed by atoms with van der Waals surface area (Å²) in [5.41, 5.74) is 6.18. The Kier molecular flexibility index (Phi) is 9.85. The van der Waals surface area contributed by atoms with Crippen LogP contribution in [0.4, 0.5) is 0 Å². The minimum Gasteiger partial charge on any atom is -0.488 e. The van der Waals surface area contributed by atoms with Crippen LogP contribution in [-0.4, -0.2) is 29.1 Å². The Morgan fingerprint density at radius 2 is 1.77 bits per heavy atom. The monoisotopic (exact) mass is 570 g/mol. The molecule has 1 unspecified atom stereocenters. The van der Waals surface area contributed by atoms with Gasteiger partial charge in [-0.15, -0.1) is 0 Å². The number of nitriles is 1. The molecule has 0 heterocycles. The van der Waals surface area contributed by atoms with Crippen molar-refractivity contribution in [3.8, 4) is 28.7 Å². The van der Waals surface area contributed by atoms with Crippen molar-refractivity contribution in [2.24, 2.45) is 4.99 Å². The predicted octanol–water partition coefficient (Wildman–Crippen LogP) is 7.15. The van der Waals surface area contributed by atoms with Crippen LogP contribution in [0.25, 0.3) is 11.1 Å². The second-order valence-electron chi connectivity index (χ2n) is 8.98. The van der Waals surface area contributed by atoms with Crippen molar-refractivity contribution in [3.05, 3.63) is 118 Å². The number of thiol groups is 1. The van der Waals surface area contributed by atoms with Gasteiger partial charge in [0, 0.05) is 23.6 Å². The molecule has 4 rings (SSSR count). The SMILES string of the molecule is Cc1c(COc2cc(OCc3cccc(C#N)c3)c(C=NC(CS)C(=O)O)cc2Cl)cccc1-c1ccccc1. The van der Waals surface area contributed by atoms with Crippen molar-refractivity contribution in [3.63, 3.8) is 0 Å². The normalized spacial score (nSPS) is 11.7. The Morgan fingerprint density at radius 1 is 1.02 bits per heavy atom. The van der Waals surface area contributed by atoms with E-state index < -0.39 is 12.0 Å². The van der Waals surface area contributed by atoms with E-state index >= 15 is 0 Å². The van der Waals surface area contributed by atoms with Crippen LogP contribution in [-0.2, 0) is 18.0 Å². The summed E-state index contributed by atoms with van der Waals surface area (Å²) in [5.74, 6) is -0.225. The lowest BCUT2D eigenvalue weighted by Crippen LogP contribution is -2.19. The van der Waals surface area contributed by atoms with Gasteiger partial charge in [0.2, 0.25) is 0 Å². The van der Waals surface area contributed by atoms with Crippen LogP contribution in [0.2, 0.25) is 5.02 Å². The summed E-state index contributed by atoms with van der Waals surface area (Å²) in [7, 11) is 0. The maximum atomic E-state index is 11.4. The second-order valence-corrected chi connectivity index (χ2v) is 9.75. The van der Waals surface area contributed by atoms with Crippen LogP contribution < -0.4 is 9.47 Å². The number of nitrogens with zero attached hydrogens (tertiary/aromatic N) is 2. The molecule has 202 valence electrons. The van der Waals surface area contributed by atoms with Gasteiger partial charge in [0.1, 0.15) is 24.7 Å². The van der Waals surface area contributed by atoms with Crippen LogP contribution in [0.15, 0.2) is 89.9 Å². The zero-order valence-corrected chi connectivity index (χ0v) is 23.4. The van der Waals surface area contributed by atoms with E-state index in [-0.39, 0.29) is 19.0 Å². The molecule has 6 nitrogen and oxygen atoms in total. The number of carboxylic acid groups (broad SMARTS) is 1. The molecule has 0 bridgehead atoms. The van der Waals surface area contributed by atoms with E-state index in [0.29, 0.717) is 27.6 Å². The standard InChI is InChI=1S/C32H27ClN2O4S/c1-21-25(11-6-12-27(21)24-9-3-2-4-10-24)19-39-31-15-30(38-18-23-8-5-7-22(13-23)16-34)26(14-28(31)33)17-35-29(20-40)32(36)37/h2-15,17,29,40H,18-20H2,1H3,(H,36,37). The van der Waals surface area contributed by atoms with E-state index in [4.69, 9.17) is 21.1 Å². The van der Waals surface area contributed by atoms with Crippen molar-refractivity contribution in [2.75, 3.05) is 5.75 Å².